The van der Waals surface area contributed by atoms with Gasteiger partial charge in [-0.15, -0.1) is 0 Å². The Labute approximate surface area is 229 Å². The van der Waals surface area contributed by atoms with Crippen molar-refractivity contribution in [2.24, 2.45) is 10.2 Å². The van der Waals surface area contributed by atoms with Crippen molar-refractivity contribution in [3.63, 3.8) is 0 Å². The van der Waals surface area contributed by atoms with Crippen LogP contribution in [0.1, 0.15) is 13.3 Å². The molecule has 5 N–H and O–H groups in total. The Balaban J connectivity index is 1.97. The largest absolute Gasteiger partial charge is 0.544 e. The van der Waals surface area contributed by atoms with Gasteiger partial charge in [0.25, 0.3) is 5.69 Å². The molecule has 20 heteroatoms. The fraction of sp³-hybridized carbons (Fsp3) is 0.667. The highest BCUT2D eigenvalue weighted by Gasteiger charge is 2.56. The first-order valence-electron chi connectivity index (χ1n) is 11.9. The molecule has 11 atom stereocenters. The van der Waals surface area contributed by atoms with E-state index in [1.807, 2.05) is 0 Å². The highest BCUT2D eigenvalue weighted by atomic mass is 16.7. The number of nitro benzene ring substituents is 1. The summed E-state index contributed by atoms with van der Waals surface area (Å²) in [5, 5.41) is 82.3. The Kier molecular flexibility index (Phi) is 10.2. The van der Waals surface area contributed by atoms with Crippen molar-refractivity contribution in [2.75, 3.05) is 6.61 Å². The van der Waals surface area contributed by atoms with E-state index in [1.54, 1.807) is 0 Å². The summed E-state index contributed by atoms with van der Waals surface area (Å²) in [7, 11) is 0. The summed E-state index contributed by atoms with van der Waals surface area (Å²) in [6.45, 7) is 0.272. The topological polar surface area (TPSA) is 319 Å². The highest BCUT2D eigenvalue weighted by Crippen LogP contribution is 2.38. The van der Waals surface area contributed by atoms with Gasteiger partial charge in [0.2, 0.25) is 12.1 Å². The molecule has 0 amide bonds. The number of benzene rings is 1. The molecular weight excluding hydrogens is 558 g/mol. The maximum Gasteiger partial charge on any atom is 0.269 e. The lowest BCUT2D eigenvalue weighted by Crippen LogP contribution is -2.69. The maximum absolute atomic E-state index is 12.4. The average Bonchev–Trinajstić information content (AvgIpc) is 2.92. The third-order valence-electron chi connectivity index (χ3n) is 6.50. The van der Waals surface area contributed by atoms with E-state index in [0.29, 0.717) is 0 Å². The van der Waals surface area contributed by atoms with Crippen LogP contribution in [0.5, 0.6) is 5.75 Å². The van der Waals surface area contributed by atoms with Gasteiger partial charge < -0.3 is 54.4 Å². The summed E-state index contributed by atoms with van der Waals surface area (Å²) in [6, 6.07) is 1.29. The second kappa shape index (κ2) is 13.2. The van der Waals surface area contributed by atoms with Crippen LogP contribution in [0.3, 0.4) is 0 Å². The standard InChI is InChI=1S/C21H27N7O13/c1-8(30)13(24-26-22)17-14(25-27-23)11(31)6-21(40-17,20(34)35)41-18-15(32)12(7-29)39-19(16(18)33)38-10-4-2-9(3-5-10)28(36)37/h2-5,8,11-19,29-33H,6-7H2,1H3,(H,34,35)/p-1/t8-,11-,12?,13-,14-,15+,16?,17?,18+,19-,21+/m1/s1. The van der Waals surface area contributed by atoms with Crippen molar-refractivity contribution in [3.05, 3.63) is 55.3 Å². The first-order valence-corrected chi connectivity index (χ1v) is 11.9. The molecule has 224 valence electrons. The summed E-state index contributed by atoms with van der Waals surface area (Å²) in [5.74, 6) is -5.20. The van der Waals surface area contributed by atoms with E-state index in [-0.39, 0.29) is 11.4 Å². The number of carbonyl (C=O) groups is 1. The van der Waals surface area contributed by atoms with Crippen LogP contribution in [0.15, 0.2) is 34.5 Å². The number of carboxylic acid groups (broad SMARTS) is 1. The van der Waals surface area contributed by atoms with Crippen LogP contribution in [0, 0.1) is 10.1 Å². The zero-order valence-corrected chi connectivity index (χ0v) is 21.1. The van der Waals surface area contributed by atoms with Crippen molar-refractivity contribution >= 4 is 11.7 Å². The van der Waals surface area contributed by atoms with Gasteiger partial charge in [0.1, 0.15) is 36.1 Å². The number of ether oxygens (including phenoxy) is 4. The summed E-state index contributed by atoms with van der Waals surface area (Å²) < 4.78 is 21.9. The van der Waals surface area contributed by atoms with Gasteiger partial charge in [-0.3, -0.25) is 10.1 Å². The van der Waals surface area contributed by atoms with Gasteiger partial charge >= 0.3 is 0 Å². The number of aliphatic hydroxyl groups excluding tert-OH is 5. The number of aliphatic hydroxyl groups is 5. The Morgan fingerprint density at radius 2 is 1.90 bits per heavy atom. The third kappa shape index (κ3) is 6.75. The van der Waals surface area contributed by atoms with Crippen molar-refractivity contribution in [3.8, 4) is 5.75 Å². The van der Waals surface area contributed by atoms with E-state index in [0.717, 1.165) is 19.1 Å². The van der Waals surface area contributed by atoms with Crippen LogP contribution >= 0.6 is 0 Å². The van der Waals surface area contributed by atoms with E-state index < -0.39 is 90.8 Å². The smallest absolute Gasteiger partial charge is 0.269 e. The number of nitrogens with zero attached hydrogens (tertiary/aromatic N) is 7. The number of aliphatic carboxylic acids is 1. The number of azide groups is 2. The van der Waals surface area contributed by atoms with Gasteiger partial charge in [0.15, 0.2) is 0 Å². The molecule has 0 aromatic heterocycles. The average molecular weight is 584 g/mol. The Morgan fingerprint density at radius 3 is 2.41 bits per heavy atom. The minimum atomic E-state index is -3.01. The predicted molar refractivity (Wildman–Crippen MR) is 127 cm³/mol. The molecule has 1 aromatic carbocycles. The Bertz CT molecular complexity index is 1170. The van der Waals surface area contributed by atoms with Gasteiger partial charge in [-0.2, -0.15) is 0 Å². The summed E-state index contributed by atoms with van der Waals surface area (Å²) in [4.78, 5) is 27.8. The van der Waals surface area contributed by atoms with Crippen LogP contribution in [0.4, 0.5) is 5.69 Å². The number of carbonyl (C=O) groups excluding carboxylic acids is 1. The van der Waals surface area contributed by atoms with Gasteiger partial charge in [0, 0.05) is 28.4 Å². The summed E-state index contributed by atoms with van der Waals surface area (Å²) >= 11 is 0. The zero-order chi connectivity index (χ0) is 30.5. The molecule has 2 heterocycles. The zero-order valence-electron chi connectivity index (χ0n) is 21.1. The maximum atomic E-state index is 12.4. The second-order valence-corrected chi connectivity index (χ2v) is 9.18. The van der Waals surface area contributed by atoms with E-state index in [4.69, 9.17) is 30.0 Å². The van der Waals surface area contributed by atoms with Gasteiger partial charge in [-0.25, -0.2) is 0 Å². The molecule has 0 bridgehead atoms. The Hall–Kier alpha value is -3.81. The molecule has 2 aliphatic heterocycles. The van der Waals surface area contributed by atoms with Crippen molar-refractivity contribution in [1.29, 1.82) is 0 Å². The van der Waals surface area contributed by atoms with Crippen LogP contribution in [0.2, 0.25) is 0 Å². The van der Waals surface area contributed by atoms with Crippen LogP contribution < -0.4 is 9.84 Å². The molecule has 0 spiro atoms. The number of nitro groups is 1. The van der Waals surface area contributed by atoms with E-state index in [1.165, 1.54) is 12.1 Å². The molecule has 2 fully saturated rings. The van der Waals surface area contributed by atoms with Crippen LogP contribution in [-0.4, -0.2) is 110 Å². The van der Waals surface area contributed by atoms with Crippen molar-refractivity contribution in [1.82, 2.24) is 0 Å². The van der Waals surface area contributed by atoms with Gasteiger partial charge in [-0.1, -0.05) is 10.2 Å². The van der Waals surface area contributed by atoms with Crippen molar-refractivity contribution in [2.45, 2.75) is 80.2 Å². The lowest BCUT2D eigenvalue weighted by Gasteiger charge is -2.51. The lowest BCUT2D eigenvalue weighted by molar-refractivity contribution is -0.400. The van der Waals surface area contributed by atoms with E-state index in [9.17, 15) is 45.5 Å². The summed E-state index contributed by atoms with van der Waals surface area (Å²) in [6.07, 6.45) is -15.4. The van der Waals surface area contributed by atoms with Crippen molar-refractivity contribution < 1.29 is 59.3 Å². The van der Waals surface area contributed by atoms with E-state index >= 15 is 0 Å². The minimum absolute atomic E-state index is 0.0585. The minimum Gasteiger partial charge on any atom is -0.544 e. The molecule has 0 saturated carbocycles. The normalized spacial score (nSPS) is 34.8. The second-order valence-electron chi connectivity index (χ2n) is 9.18. The third-order valence-corrected chi connectivity index (χ3v) is 6.50. The predicted octanol–water partition coefficient (Wildman–Crippen LogP) is -1.87. The molecular formula is C21H26N7O13-. The molecule has 41 heavy (non-hydrogen) atoms. The molecule has 3 unspecified atom stereocenters. The highest BCUT2D eigenvalue weighted by molar-refractivity contribution is 5.74. The van der Waals surface area contributed by atoms with Crippen LogP contribution in [0.25, 0.3) is 20.9 Å². The fourth-order valence-corrected chi connectivity index (χ4v) is 4.47. The monoisotopic (exact) mass is 584 g/mol. The fourth-order valence-electron chi connectivity index (χ4n) is 4.47. The molecule has 20 nitrogen and oxygen atoms in total. The first-order chi connectivity index (χ1) is 19.4. The molecule has 2 aliphatic rings. The molecule has 1 aromatic rings. The number of carboxylic acids is 1. The molecule has 0 radical (unpaired) electrons. The van der Waals surface area contributed by atoms with E-state index in [2.05, 4.69) is 20.1 Å². The first kappa shape index (κ1) is 31.7. The van der Waals surface area contributed by atoms with Crippen LogP contribution in [-0.2, 0) is 19.0 Å². The summed E-state index contributed by atoms with van der Waals surface area (Å²) in [5.41, 5.74) is 17.6. The molecule has 0 aliphatic carbocycles. The number of rotatable bonds is 11. The SMILES string of the molecule is C[C@@H](O)[C@@H](N=[N+]=[N-])C1O[C@@](O[C@@H]2C(O)[C@H](Oc3ccc([N+](=O)[O-])cc3)OC(CO)[C@@H]2O)(C(=O)[O-])C[C@@H](O)[C@H]1N=[N+]=[N-]. The van der Waals surface area contributed by atoms with Gasteiger partial charge in [0.05, 0.1) is 41.9 Å². The lowest BCUT2D eigenvalue weighted by atomic mass is 9.88. The Morgan fingerprint density at radius 1 is 1.24 bits per heavy atom. The van der Waals surface area contributed by atoms with Gasteiger partial charge in [-0.05, 0) is 30.1 Å². The molecule has 2 saturated heterocycles. The number of hydrogen-bond donors (Lipinski definition) is 5. The quantitative estimate of drug-likeness (QED) is 0.0626. The molecule has 3 rings (SSSR count). The number of hydrogen-bond acceptors (Lipinski definition) is 15. The number of non-ortho nitro benzene ring substituents is 1.